The lowest BCUT2D eigenvalue weighted by atomic mass is 10.1. The van der Waals surface area contributed by atoms with Gasteiger partial charge < -0.3 is 10.1 Å². The van der Waals surface area contributed by atoms with Crippen LogP contribution in [-0.4, -0.2) is 17.4 Å². The van der Waals surface area contributed by atoms with Gasteiger partial charge in [-0.05, 0) is 47.1 Å². The zero-order valence-corrected chi connectivity index (χ0v) is 17.2. The zero-order valence-electron chi connectivity index (χ0n) is 14.0. The third-order valence-corrected chi connectivity index (χ3v) is 4.35. The van der Waals surface area contributed by atoms with Gasteiger partial charge in [0.1, 0.15) is 17.4 Å². The van der Waals surface area contributed by atoms with E-state index in [2.05, 4.69) is 37.2 Å². The van der Waals surface area contributed by atoms with Crippen LogP contribution in [0.4, 0.5) is 11.4 Å². The summed E-state index contributed by atoms with van der Waals surface area (Å²) in [6.45, 7) is 2.23. The van der Waals surface area contributed by atoms with Crippen LogP contribution in [0.15, 0.2) is 50.9 Å². The number of rotatable bonds is 6. The van der Waals surface area contributed by atoms with Gasteiger partial charge in [-0.25, -0.2) is 0 Å². The number of nitriles is 1. The molecule has 138 valence electrons. The van der Waals surface area contributed by atoms with Crippen molar-refractivity contribution in [3.63, 3.8) is 0 Å². The van der Waals surface area contributed by atoms with Gasteiger partial charge in [-0.2, -0.15) is 5.26 Å². The fourth-order valence-electron chi connectivity index (χ4n) is 2.18. The third kappa shape index (κ3) is 5.39. The smallest absolute Gasteiger partial charge is 0.271 e. The quantitative estimate of drug-likeness (QED) is 0.261. The van der Waals surface area contributed by atoms with Gasteiger partial charge in [0.25, 0.3) is 11.6 Å². The van der Waals surface area contributed by atoms with Crippen molar-refractivity contribution in [2.24, 2.45) is 0 Å². The lowest BCUT2D eigenvalue weighted by Gasteiger charge is -2.11. The molecule has 9 heteroatoms. The van der Waals surface area contributed by atoms with Crippen molar-refractivity contribution in [1.82, 2.24) is 0 Å². The molecule has 0 radical (unpaired) electrons. The Labute approximate surface area is 172 Å². The van der Waals surface area contributed by atoms with E-state index in [1.54, 1.807) is 12.1 Å². The molecule has 7 nitrogen and oxygen atoms in total. The molecular weight excluding hydrogens is 482 g/mol. The molecule has 0 aliphatic rings. The van der Waals surface area contributed by atoms with E-state index in [0.29, 0.717) is 22.4 Å². The monoisotopic (exact) mass is 493 g/mol. The highest BCUT2D eigenvalue weighted by molar-refractivity contribution is 9.11. The summed E-state index contributed by atoms with van der Waals surface area (Å²) >= 11 is 6.75. The van der Waals surface area contributed by atoms with Crippen LogP contribution < -0.4 is 10.1 Å². The first-order chi connectivity index (χ1) is 12.8. The number of nitro benzene ring substituents is 1. The van der Waals surface area contributed by atoms with E-state index in [1.165, 1.54) is 30.3 Å². The first kappa shape index (κ1) is 20.6. The average molecular weight is 495 g/mol. The maximum absolute atomic E-state index is 12.4. The number of hydrogen-bond donors (Lipinski definition) is 1. The number of carbonyl (C=O) groups excluding carboxylic acids is 1. The Morgan fingerprint density at radius 2 is 2.11 bits per heavy atom. The highest BCUT2D eigenvalue weighted by atomic mass is 79.9. The van der Waals surface area contributed by atoms with E-state index >= 15 is 0 Å². The molecule has 0 aliphatic carbocycles. The van der Waals surface area contributed by atoms with Gasteiger partial charge in [-0.1, -0.05) is 22.0 Å². The minimum absolute atomic E-state index is 0.162. The maximum Gasteiger partial charge on any atom is 0.271 e. The van der Waals surface area contributed by atoms with Crippen LogP contribution >= 0.6 is 31.9 Å². The van der Waals surface area contributed by atoms with E-state index in [4.69, 9.17) is 4.74 Å². The Morgan fingerprint density at radius 1 is 1.37 bits per heavy atom. The number of hydrogen-bond acceptors (Lipinski definition) is 5. The standard InChI is InChI=1S/C18H13Br2N3O4/c1-2-27-17-11(7-13(19)8-16(17)20)6-12(10-21)18(24)22-14-4-3-5-15(9-14)23(25)26/h3-9H,2H2,1H3,(H,22,24)/b12-6+. The Bertz CT molecular complexity index is 968. The second-order valence-corrected chi connectivity index (χ2v) is 6.94. The van der Waals surface area contributed by atoms with Gasteiger partial charge in [-0.15, -0.1) is 0 Å². The van der Waals surface area contributed by atoms with E-state index in [1.807, 2.05) is 13.0 Å². The summed E-state index contributed by atoms with van der Waals surface area (Å²) in [6, 6.07) is 10.8. The molecule has 0 saturated heterocycles. The number of benzene rings is 2. The molecular formula is C18H13Br2N3O4. The summed E-state index contributed by atoms with van der Waals surface area (Å²) in [4.78, 5) is 22.7. The molecule has 0 fully saturated rings. The van der Waals surface area contributed by atoms with Crippen molar-refractivity contribution < 1.29 is 14.5 Å². The largest absolute Gasteiger partial charge is 0.492 e. The van der Waals surface area contributed by atoms with Gasteiger partial charge in [0.15, 0.2) is 0 Å². The second-order valence-electron chi connectivity index (χ2n) is 5.17. The molecule has 2 aromatic rings. The van der Waals surface area contributed by atoms with Crippen LogP contribution in [0.2, 0.25) is 0 Å². The molecule has 27 heavy (non-hydrogen) atoms. The Balaban J connectivity index is 2.36. The topological polar surface area (TPSA) is 105 Å². The molecule has 2 aromatic carbocycles. The first-order valence-corrected chi connectivity index (χ1v) is 9.23. The fourth-order valence-corrected chi connectivity index (χ4v) is 3.56. The lowest BCUT2D eigenvalue weighted by Crippen LogP contribution is -2.13. The van der Waals surface area contributed by atoms with Gasteiger partial charge in [0.2, 0.25) is 0 Å². The van der Waals surface area contributed by atoms with Crippen molar-refractivity contribution in [2.75, 3.05) is 11.9 Å². The number of amides is 1. The summed E-state index contributed by atoms with van der Waals surface area (Å²) in [5, 5.41) is 22.7. The summed E-state index contributed by atoms with van der Waals surface area (Å²) in [5.74, 6) is -0.187. The number of carbonyl (C=O) groups is 1. The van der Waals surface area contributed by atoms with E-state index in [9.17, 15) is 20.2 Å². The van der Waals surface area contributed by atoms with Crippen LogP contribution in [0.3, 0.4) is 0 Å². The molecule has 0 bridgehead atoms. The maximum atomic E-state index is 12.4. The van der Waals surface area contributed by atoms with Crippen LogP contribution in [0.1, 0.15) is 12.5 Å². The number of nitro groups is 1. The molecule has 0 saturated carbocycles. The number of halogens is 2. The predicted molar refractivity (Wildman–Crippen MR) is 108 cm³/mol. The number of nitrogens with zero attached hydrogens (tertiary/aromatic N) is 2. The normalized spacial score (nSPS) is 10.8. The zero-order chi connectivity index (χ0) is 20.0. The number of nitrogens with one attached hydrogen (secondary N) is 1. The Kier molecular flexibility index (Phi) is 7.10. The van der Waals surface area contributed by atoms with Crippen molar-refractivity contribution in [2.45, 2.75) is 6.92 Å². The minimum atomic E-state index is -0.684. The molecule has 0 spiro atoms. The molecule has 0 heterocycles. The van der Waals surface area contributed by atoms with Crippen LogP contribution in [-0.2, 0) is 4.79 Å². The summed E-state index contributed by atoms with van der Waals surface area (Å²) < 4.78 is 6.98. The minimum Gasteiger partial charge on any atom is -0.492 e. The van der Waals surface area contributed by atoms with Gasteiger partial charge in [-0.3, -0.25) is 14.9 Å². The highest BCUT2D eigenvalue weighted by Gasteiger charge is 2.15. The summed E-state index contributed by atoms with van der Waals surface area (Å²) in [6.07, 6.45) is 1.40. The second kappa shape index (κ2) is 9.30. The molecule has 0 aromatic heterocycles. The summed E-state index contributed by atoms with van der Waals surface area (Å²) in [7, 11) is 0. The molecule has 2 rings (SSSR count). The van der Waals surface area contributed by atoms with Crippen molar-refractivity contribution in [3.05, 3.63) is 66.6 Å². The van der Waals surface area contributed by atoms with Gasteiger partial charge in [0, 0.05) is 27.9 Å². The Morgan fingerprint density at radius 3 is 2.74 bits per heavy atom. The molecule has 1 N–H and O–H groups in total. The fraction of sp³-hybridized carbons (Fsp3) is 0.111. The van der Waals surface area contributed by atoms with Gasteiger partial charge >= 0.3 is 0 Å². The molecule has 1 amide bonds. The van der Waals surface area contributed by atoms with E-state index in [-0.39, 0.29) is 16.9 Å². The number of ether oxygens (including phenoxy) is 1. The van der Waals surface area contributed by atoms with E-state index < -0.39 is 10.8 Å². The van der Waals surface area contributed by atoms with Crippen LogP contribution in [0.25, 0.3) is 6.08 Å². The molecule has 0 aliphatic heterocycles. The molecule has 0 unspecified atom stereocenters. The van der Waals surface area contributed by atoms with Gasteiger partial charge in [0.05, 0.1) is 16.0 Å². The van der Waals surface area contributed by atoms with Crippen molar-refractivity contribution in [3.8, 4) is 11.8 Å². The predicted octanol–water partition coefficient (Wildman–Crippen LogP) is 5.06. The number of anilines is 1. The van der Waals surface area contributed by atoms with Crippen LogP contribution in [0, 0.1) is 21.4 Å². The lowest BCUT2D eigenvalue weighted by molar-refractivity contribution is -0.384. The van der Waals surface area contributed by atoms with Crippen molar-refractivity contribution >= 4 is 55.2 Å². The average Bonchev–Trinajstić information content (AvgIpc) is 2.62. The van der Waals surface area contributed by atoms with Crippen molar-refractivity contribution in [1.29, 1.82) is 5.26 Å². The molecule has 0 atom stereocenters. The first-order valence-electron chi connectivity index (χ1n) is 7.65. The van der Waals surface area contributed by atoms with Crippen LogP contribution in [0.5, 0.6) is 5.75 Å². The third-order valence-electron chi connectivity index (χ3n) is 3.31. The Hall–Kier alpha value is -2.70. The SMILES string of the molecule is CCOc1c(Br)cc(Br)cc1/C=C(\C#N)C(=O)Nc1cccc([N+](=O)[O-])c1. The van der Waals surface area contributed by atoms with E-state index in [0.717, 1.165) is 4.47 Å². The number of non-ortho nitro benzene ring substituents is 1. The highest BCUT2D eigenvalue weighted by Crippen LogP contribution is 2.34. The summed E-state index contributed by atoms with van der Waals surface area (Å²) in [5.41, 5.74) is 0.414.